The van der Waals surface area contributed by atoms with E-state index in [-0.39, 0.29) is 11.5 Å². The first kappa shape index (κ1) is 33.0. The largest absolute Gasteiger partial charge is 0.507 e. The lowest BCUT2D eigenvalue weighted by atomic mass is 9.78. The third-order valence-electron chi connectivity index (χ3n) is 12.7. The van der Waals surface area contributed by atoms with Crippen molar-refractivity contribution in [2.24, 2.45) is 0 Å². The molecule has 0 aromatic heterocycles. The summed E-state index contributed by atoms with van der Waals surface area (Å²) >= 11 is 0. The van der Waals surface area contributed by atoms with E-state index < -0.39 is 0 Å². The van der Waals surface area contributed by atoms with Crippen molar-refractivity contribution < 1.29 is 10.2 Å². The van der Waals surface area contributed by atoms with Crippen LogP contribution in [0.3, 0.4) is 0 Å². The zero-order valence-electron chi connectivity index (χ0n) is 31.4. The molecule has 0 atom stereocenters. The first-order valence-corrected chi connectivity index (χ1v) is 20.3. The second-order valence-corrected chi connectivity index (χ2v) is 16.0. The second kappa shape index (κ2) is 13.1. The van der Waals surface area contributed by atoms with E-state index in [1.807, 2.05) is 6.07 Å². The summed E-state index contributed by atoms with van der Waals surface area (Å²) in [5, 5.41) is 34.2. The number of hydrogen-bond donors (Lipinski definition) is 2. The highest BCUT2D eigenvalue weighted by Gasteiger charge is 2.28. The van der Waals surface area contributed by atoms with Gasteiger partial charge in [0.25, 0.3) is 0 Å². The Kier molecular flexibility index (Phi) is 7.74. The van der Waals surface area contributed by atoms with E-state index >= 15 is 0 Å². The van der Waals surface area contributed by atoms with Gasteiger partial charge < -0.3 is 10.2 Å². The van der Waals surface area contributed by atoms with Gasteiger partial charge in [0.05, 0.1) is 0 Å². The number of phenolic OH excluding ortho intramolecular Hbond substituents is 2. The van der Waals surface area contributed by atoms with E-state index in [2.05, 4.69) is 140 Å². The normalized spacial score (nSPS) is 14.0. The van der Waals surface area contributed by atoms with Crippen LogP contribution in [0.2, 0.25) is 0 Å². The Balaban J connectivity index is 1.27. The molecule has 2 N–H and O–H groups in total. The lowest BCUT2D eigenvalue weighted by Gasteiger charge is -2.27. The smallest absolute Gasteiger partial charge is 0.131 e. The van der Waals surface area contributed by atoms with E-state index in [0.29, 0.717) is 0 Å². The van der Waals surface area contributed by atoms with Crippen LogP contribution in [0, 0.1) is 0 Å². The van der Waals surface area contributed by atoms with Crippen molar-refractivity contribution in [1.29, 1.82) is 0 Å². The van der Waals surface area contributed by atoms with Crippen LogP contribution in [0.25, 0.3) is 87.6 Å². The number of phenols is 2. The van der Waals surface area contributed by atoms with Gasteiger partial charge in [-0.25, -0.2) is 0 Å². The summed E-state index contributed by atoms with van der Waals surface area (Å²) in [6.07, 6.45) is 8.23. The van der Waals surface area contributed by atoms with Crippen molar-refractivity contribution in [3.05, 3.63) is 168 Å². The van der Waals surface area contributed by atoms with Crippen molar-refractivity contribution in [2.45, 2.75) is 51.4 Å². The molecular formula is C54H42O2. The lowest BCUT2D eigenvalue weighted by Crippen LogP contribution is -2.09. The Morgan fingerprint density at radius 3 is 1.29 bits per heavy atom. The maximum absolute atomic E-state index is 12.9. The maximum atomic E-state index is 12.9. The monoisotopic (exact) mass is 722 g/mol. The fourth-order valence-corrected chi connectivity index (χ4v) is 10.2. The van der Waals surface area contributed by atoms with Crippen LogP contribution in [0.15, 0.2) is 146 Å². The van der Waals surface area contributed by atoms with Crippen LogP contribution in [0.1, 0.15) is 47.9 Å². The van der Waals surface area contributed by atoms with Crippen molar-refractivity contribution in [1.82, 2.24) is 0 Å². The van der Waals surface area contributed by atoms with Crippen LogP contribution in [0.5, 0.6) is 11.5 Å². The third-order valence-corrected chi connectivity index (χ3v) is 12.7. The quantitative estimate of drug-likeness (QED) is 0.178. The Bertz CT molecular complexity index is 2810. The molecule has 2 aliphatic rings. The van der Waals surface area contributed by atoms with Gasteiger partial charge in [0.1, 0.15) is 11.5 Å². The predicted octanol–water partition coefficient (Wildman–Crippen LogP) is 14.1. The highest BCUT2D eigenvalue weighted by molar-refractivity contribution is 6.16. The van der Waals surface area contributed by atoms with Crippen LogP contribution in [-0.2, 0) is 25.7 Å². The summed E-state index contributed by atoms with van der Waals surface area (Å²) in [4.78, 5) is 0. The van der Waals surface area contributed by atoms with Gasteiger partial charge in [0.15, 0.2) is 0 Å². The summed E-state index contributed by atoms with van der Waals surface area (Å²) in [5.41, 5.74) is 13.1. The molecule has 0 fully saturated rings. The second-order valence-electron chi connectivity index (χ2n) is 16.0. The molecule has 56 heavy (non-hydrogen) atoms. The van der Waals surface area contributed by atoms with Gasteiger partial charge in [0.2, 0.25) is 0 Å². The summed E-state index contributed by atoms with van der Waals surface area (Å²) in [5.74, 6) is 0.540. The average molecular weight is 723 g/mol. The third kappa shape index (κ3) is 5.23. The van der Waals surface area contributed by atoms with E-state index in [1.54, 1.807) is 0 Å². The molecule has 0 heterocycles. The molecule has 0 aliphatic heterocycles. The van der Waals surface area contributed by atoms with Gasteiger partial charge in [-0.3, -0.25) is 0 Å². The minimum atomic E-state index is 0.268. The molecule has 0 saturated heterocycles. The molecule has 0 saturated carbocycles. The molecule has 0 unspecified atom stereocenters. The van der Waals surface area contributed by atoms with Gasteiger partial charge in [-0.05, 0) is 187 Å². The standard InChI is InChI=1S/C54H42O2/c55-49-26-25-33-13-1-7-19-42(33)52(49)53-47-24-12-6-18-38(47)32-48(54(53)56)39-29-40(50-43-20-8-2-14-34(43)27-35-15-3-9-21-44(35)50)31-41(30-39)51-45-22-10-4-16-36(45)28-37-17-5-11-23-46(37)51/h2-5,8-11,14-17,20-23,25-32,55-56H,1,6-7,12-13,18-19,24H2. The van der Waals surface area contributed by atoms with Crippen molar-refractivity contribution in [3.63, 3.8) is 0 Å². The van der Waals surface area contributed by atoms with Crippen molar-refractivity contribution in [2.75, 3.05) is 0 Å². The topological polar surface area (TPSA) is 40.5 Å². The molecule has 9 aromatic rings. The van der Waals surface area contributed by atoms with Crippen molar-refractivity contribution >= 4 is 43.1 Å². The van der Waals surface area contributed by atoms with Crippen LogP contribution in [-0.4, -0.2) is 10.2 Å². The van der Waals surface area contributed by atoms with E-state index in [9.17, 15) is 10.2 Å². The number of aromatic hydroxyl groups is 2. The van der Waals surface area contributed by atoms with Crippen LogP contribution >= 0.6 is 0 Å². The minimum Gasteiger partial charge on any atom is -0.507 e. The highest BCUT2D eigenvalue weighted by Crippen LogP contribution is 2.51. The Hall–Kier alpha value is -6.38. The van der Waals surface area contributed by atoms with Gasteiger partial charge in [-0.1, -0.05) is 103 Å². The molecular weight excluding hydrogens is 681 g/mol. The average Bonchev–Trinajstić information content (AvgIpc) is 3.24. The summed E-state index contributed by atoms with van der Waals surface area (Å²) < 4.78 is 0. The molecule has 0 amide bonds. The molecule has 0 bridgehead atoms. The van der Waals surface area contributed by atoms with E-state index in [4.69, 9.17) is 0 Å². The molecule has 2 aliphatic carbocycles. The number of fused-ring (bicyclic) bond motifs is 6. The van der Waals surface area contributed by atoms with Gasteiger partial charge in [-0.15, -0.1) is 0 Å². The fourth-order valence-electron chi connectivity index (χ4n) is 10.2. The fraction of sp³-hybridized carbons (Fsp3) is 0.148. The Labute approximate surface area is 327 Å². The number of benzene rings is 9. The molecule has 9 aromatic carbocycles. The van der Waals surface area contributed by atoms with Gasteiger partial charge in [-0.2, -0.15) is 0 Å². The molecule has 270 valence electrons. The summed E-state index contributed by atoms with van der Waals surface area (Å²) in [7, 11) is 0. The van der Waals surface area contributed by atoms with Crippen LogP contribution in [0.4, 0.5) is 0 Å². The van der Waals surface area contributed by atoms with Crippen molar-refractivity contribution in [3.8, 4) is 56.0 Å². The Morgan fingerprint density at radius 1 is 0.339 bits per heavy atom. The number of aryl methyl sites for hydroxylation is 2. The van der Waals surface area contributed by atoms with E-state index in [0.717, 1.165) is 84.7 Å². The maximum Gasteiger partial charge on any atom is 0.131 e. The summed E-state index contributed by atoms with van der Waals surface area (Å²) in [6, 6.07) is 52.7. The zero-order chi connectivity index (χ0) is 37.3. The predicted molar refractivity (Wildman–Crippen MR) is 235 cm³/mol. The van der Waals surface area contributed by atoms with Gasteiger partial charge in [0, 0.05) is 16.7 Å². The molecule has 2 nitrogen and oxygen atoms in total. The number of rotatable bonds is 4. The molecule has 2 heteroatoms. The number of hydrogen-bond acceptors (Lipinski definition) is 2. The highest BCUT2D eigenvalue weighted by atomic mass is 16.3. The van der Waals surface area contributed by atoms with E-state index in [1.165, 1.54) is 76.5 Å². The summed E-state index contributed by atoms with van der Waals surface area (Å²) in [6.45, 7) is 0. The molecule has 0 radical (unpaired) electrons. The zero-order valence-corrected chi connectivity index (χ0v) is 31.4. The first-order chi connectivity index (χ1) is 27.6. The molecule has 0 spiro atoms. The minimum absolute atomic E-state index is 0.268. The first-order valence-electron chi connectivity index (χ1n) is 20.3. The van der Waals surface area contributed by atoms with Crippen LogP contribution < -0.4 is 0 Å². The van der Waals surface area contributed by atoms with Gasteiger partial charge >= 0.3 is 0 Å². The Morgan fingerprint density at radius 2 is 0.768 bits per heavy atom. The molecule has 11 rings (SSSR count). The SMILES string of the molecule is Oc1ccc2c(c1-c1c(O)c(-c3cc(-c4c5ccccc5cc5ccccc45)cc(-c4c5ccccc5cc5ccccc45)c3)cc3c1CCCC3)CCCC2. The lowest BCUT2D eigenvalue weighted by molar-refractivity contribution is 0.467.